The van der Waals surface area contributed by atoms with Crippen LogP contribution in [0.15, 0.2) is 45.8 Å². The Kier molecular flexibility index (Phi) is 4.01. The van der Waals surface area contributed by atoms with Crippen LogP contribution in [-0.2, 0) is 10.0 Å². The van der Waals surface area contributed by atoms with E-state index in [-0.39, 0.29) is 5.69 Å². The largest absolute Gasteiger partial charge is 0.399 e. The van der Waals surface area contributed by atoms with E-state index in [1.807, 2.05) is 13.0 Å². The minimum atomic E-state index is -4.01. The first-order valence-corrected chi connectivity index (χ1v) is 7.92. The zero-order valence-corrected chi connectivity index (χ0v) is 12.9. The number of nitrogens with two attached hydrogens (primary N) is 1. The lowest BCUT2D eigenvalue weighted by Gasteiger charge is -2.12. The Balaban J connectivity index is 2.44. The van der Waals surface area contributed by atoms with Crippen LogP contribution in [0.5, 0.6) is 0 Å². The van der Waals surface area contributed by atoms with Gasteiger partial charge in [-0.15, -0.1) is 0 Å². The molecule has 0 aliphatic rings. The van der Waals surface area contributed by atoms with Gasteiger partial charge in [0.05, 0.1) is 5.69 Å². The number of halogens is 2. The minimum Gasteiger partial charge on any atom is -0.399 e. The zero-order chi connectivity index (χ0) is 14.9. The van der Waals surface area contributed by atoms with Crippen molar-refractivity contribution in [2.24, 2.45) is 0 Å². The van der Waals surface area contributed by atoms with Crippen LogP contribution in [0.2, 0.25) is 0 Å². The zero-order valence-electron chi connectivity index (χ0n) is 10.5. The molecular weight excluding hydrogens is 347 g/mol. The number of anilines is 2. The lowest BCUT2D eigenvalue weighted by atomic mass is 10.2. The van der Waals surface area contributed by atoms with Gasteiger partial charge in [0.1, 0.15) is 10.7 Å². The molecule has 0 unspecified atom stereocenters. The quantitative estimate of drug-likeness (QED) is 0.827. The highest BCUT2D eigenvalue weighted by atomic mass is 79.9. The molecule has 2 aromatic rings. The predicted molar refractivity (Wildman–Crippen MR) is 80.5 cm³/mol. The van der Waals surface area contributed by atoms with E-state index in [1.165, 1.54) is 6.07 Å². The van der Waals surface area contributed by atoms with Gasteiger partial charge in [0.25, 0.3) is 10.0 Å². The normalized spacial score (nSPS) is 11.3. The van der Waals surface area contributed by atoms with E-state index in [2.05, 4.69) is 20.7 Å². The molecule has 0 aliphatic heterocycles. The van der Waals surface area contributed by atoms with Crippen molar-refractivity contribution in [2.75, 3.05) is 10.5 Å². The average molecular weight is 359 g/mol. The van der Waals surface area contributed by atoms with Gasteiger partial charge in [0, 0.05) is 10.2 Å². The SMILES string of the molecule is Cc1cccc(NS(=O)(=O)c2ccc(N)cc2F)c1Br. The van der Waals surface area contributed by atoms with Gasteiger partial charge in [-0.2, -0.15) is 0 Å². The number of sulfonamides is 1. The van der Waals surface area contributed by atoms with Crippen LogP contribution in [0, 0.1) is 12.7 Å². The topological polar surface area (TPSA) is 72.2 Å². The third kappa shape index (κ3) is 2.94. The number of aryl methyl sites for hydroxylation is 1. The molecule has 0 atom stereocenters. The van der Waals surface area contributed by atoms with Crippen molar-refractivity contribution < 1.29 is 12.8 Å². The van der Waals surface area contributed by atoms with Crippen molar-refractivity contribution in [3.05, 3.63) is 52.3 Å². The second-order valence-corrected chi connectivity index (χ2v) is 6.68. The summed E-state index contributed by atoms with van der Waals surface area (Å²) in [5, 5.41) is 0. The second kappa shape index (κ2) is 5.41. The Morgan fingerprint density at radius 1 is 1.25 bits per heavy atom. The smallest absolute Gasteiger partial charge is 0.264 e. The molecule has 0 saturated carbocycles. The van der Waals surface area contributed by atoms with Crippen molar-refractivity contribution in [1.82, 2.24) is 0 Å². The lowest BCUT2D eigenvalue weighted by Crippen LogP contribution is -2.15. The molecule has 3 N–H and O–H groups in total. The first-order valence-electron chi connectivity index (χ1n) is 5.64. The summed E-state index contributed by atoms with van der Waals surface area (Å²) in [6.45, 7) is 1.83. The van der Waals surface area contributed by atoms with E-state index in [1.54, 1.807) is 12.1 Å². The fourth-order valence-electron chi connectivity index (χ4n) is 1.66. The Labute approximate surface area is 125 Å². The second-order valence-electron chi connectivity index (χ2n) is 4.23. The lowest BCUT2D eigenvalue weighted by molar-refractivity contribution is 0.571. The van der Waals surface area contributed by atoms with Crippen LogP contribution in [0.4, 0.5) is 15.8 Å². The first kappa shape index (κ1) is 14.8. The maximum Gasteiger partial charge on any atom is 0.264 e. The Morgan fingerprint density at radius 2 is 1.95 bits per heavy atom. The van der Waals surface area contributed by atoms with E-state index in [4.69, 9.17) is 5.73 Å². The minimum absolute atomic E-state index is 0.165. The third-order valence-electron chi connectivity index (χ3n) is 2.68. The van der Waals surface area contributed by atoms with Crippen LogP contribution in [0.1, 0.15) is 5.56 Å². The molecule has 0 bridgehead atoms. The van der Waals surface area contributed by atoms with Gasteiger partial charge >= 0.3 is 0 Å². The number of hydrogen-bond donors (Lipinski definition) is 2. The van der Waals surface area contributed by atoms with Gasteiger partial charge in [-0.1, -0.05) is 12.1 Å². The van der Waals surface area contributed by atoms with Crippen molar-refractivity contribution in [3.63, 3.8) is 0 Å². The molecule has 0 amide bonds. The summed E-state index contributed by atoms with van der Waals surface area (Å²) in [5.74, 6) is -0.888. The fourth-order valence-corrected chi connectivity index (χ4v) is 3.29. The molecule has 106 valence electrons. The van der Waals surface area contributed by atoms with Crippen LogP contribution in [-0.4, -0.2) is 8.42 Å². The summed E-state index contributed by atoms with van der Waals surface area (Å²) in [6, 6.07) is 8.56. The molecule has 20 heavy (non-hydrogen) atoms. The number of rotatable bonds is 3. The van der Waals surface area contributed by atoms with Gasteiger partial charge in [-0.25, -0.2) is 12.8 Å². The molecule has 0 saturated heterocycles. The van der Waals surface area contributed by atoms with Crippen LogP contribution >= 0.6 is 15.9 Å². The van der Waals surface area contributed by atoms with Crippen LogP contribution in [0.3, 0.4) is 0 Å². The van der Waals surface area contributed by atoms with Gasteiger partial charge in [0.15, 0.2) is 0 Å². The standard InChI is InChI=1S/C13H12BrFN2O2S/c1-8-3-2-4-11(13(8)14)17-20(18,19)12-6-5-9(16)7-10(12)15/h2-7,17H,16H2,1H3. The van der Waals surface area contributed by atoms with Crippen molar-refractivity contribution in [3.8, 4) is 0 Å². The van der Waals surface area contributed by atoms with Crippen LogP contribution in [0.25, 0.3) is 0 Å². The van der Waals surface area contributed by atoms with E-state index in [9.17, 15) is 12.8 Å². The van der Waals surface area contributed by atoms with Crippen LogP contribution < -0.4 is 10.5 Å². The highest BCUT2D eigenvalue weighted by Gasteiger charge is 2.20. The number of nitrogens with one attached hydrogen (secondary N) is 1. The predicted octanol–water partition coefficient (Wildman–Crippen LogP) is 3.28. The molecule has 0 spiro atoms. The Bertz CT molecular complexity index is 763. The first-order chi connectivity index (χ1) is 9.31. The molecule has 0 heterocycles. The Morgan fingerprint density at radius 3 is 2.60 bits per heavy atom. The molecule has 7 heteroatoms. The monoisotopic (exact) mass is 358 g/mol. The summed E-state index contributed by atoms with van der Waals surface area (Å²) in [4.78, 5) is -0.444. The summed E-state index contributed by atoms with van der Waals surface area (Å²) >= 11 is 3.29. The molecule has 0 fully saturated rings. The van der Waals surface area contributed by atoms with Gasteiger partial charge in [-0.3, -0.25) is 4.72 Å². The van der Waals surface area contributed by atoms with E-state index in [0.717, 1.165) is 17.7 Å². The molecule has 2 aromatic carbocycles. The molecule has 2 rings (SSSR count). The van der Waals surface area contributed by atoms with Gasteiger partial charge in [0.2, 0.25) is 0 Å². The third-order valence-corrected chi connectivity index (χ3v) is 5.13. The molecular formula is C13H12BrFN2O2S. The van der Waals surface area contributed by atoms with E-state index < -0.39 is 20.7 Å². The summed E-state index contributed by atoms with van der Waals surface area (Å²) in [7, 11) is -4.01. The highest BCUT2D eigenvalue weighted by Crippen LogP contribution is 2.28. The van der Waals surface area contributed by atoms with Gasteiger partial charge < -0.3 is 5.73 Å². The molecule has 0 aliphatic carbocycles. The van der Waals surface area contributed by atoms with Crippen molar-refractivity contribution >= 4 is 37.3 Å². The molecule has 4 nitrogen and oxygen atoms in total. The summed E-state index contributed by atoms with van der Waals surface area (Å²) < 4.78 is 41.0. The maximum atomic E-state index is 13.7. The Hall–Kier alpha value is -1.60. The molecule has 0 aromatic heterocycles. The number of nitrogen functional groups attached to an aromatic ring is 1. The average Bonchev–Trinajstić information content (AvgIpc) is 2.34. The number of benzene rings is 2. The fraction of sp³-hybridized carbons (Fsp3) is 0.0769. The van der Waals surface area contributed by atoms with E-state index >= 15 is 0 Å². The summed E-state index contributed by atoms with van der Waals surface area (Å²) in [6.07, 6.45) is 0. The summed E-state index contributed by atoms with van der Waals surface area (Å²) in [5.41, 5.74) is 6.78. The maximum absolute atomic E-state index is 13.7. The van der Waals surface area contributed by atoms with Crippen molar-refractivity contribution in [2.45, 2.75) is 11.8 Å². The highest BCUT2D eigenvalue weighted by molar-refractivity contribution is 9.10. The molecule has 0 radical (unpaired) electrons. The number of hydrogen-bond acceptors (Lipinski definition) is 3. The van der Waals surface area contributed by atoms with Crippen molar-refractivity contribution in [1.29, 1.82) is 0 Å². The van der Waals surface area contributed by atoms with E-state index in [0.29, 0.717) is 10.2 Å². The van der Waals surface area contributed by atoms with Gasteiger partial charge in [-0.05, 0) is 52.7 Å².